The molecule has 2 atom stereocenters. The highest BCUT2D eigenvalue weighted by atomic mass is 16.5. The van der Waals surface area contributed by atoms with Crippen LogP contribution in [0.4, 0.5) is 5.69 Å². The fourth-order valence-electron chi connectivity index (χ4n) is 3.78. The zero-order valence-electron chi connectivity index (χ0n) is 13.2. The fraction of sp³-hybridized carbons (Fsp3) is 0.316. The van der Waals surface area contributed by atoms with Crippen molar-refractivity contribution in [3.05, 3.63) is 54.1 Å². The molecule has 2 aromatic carbocycles. The first-order valence-electron chi connectivity index (χ1n) is 8.13. The normalized spacial score (nSPS) is 22.0. The van der Waals surface area contributed by atoms with E-state index in [1.165, 1.54) is 0 Å². The van der Waals surface area contributed by atoms with Crippen molar-refractivity contribution in [2.45, 2.75) is 31.8 Å². The molecule has 2 aliphatic rings. The van der Waals surface area contributed by atoms with Gasteiger partial charge in [0.1, 0.15) is 5.75 Å². The molecule has 1 saturated heterocycles. The largest absolute Gasteiger partial charge is 0.455 e. The van der Waals surface area contributed by atoms with Gasteiger partial charge in [0.15, 0.2) is 5.75 Å². The molecule has 4 heteroatoms. The number of carbonyl (C=O) groups excluding carboxylic acids is 1. The average molecular weight is 308 g/mol. The van der Waals surface area contributed by atoms with Crippen LogP contribution in [0.5, 0.6) is 11.5 Å². The number of nitrogens with one attached hydrogen (secondary N) is 1. The molecule has 0 radical (unpaired) electrons. The number of benzene rings is 2. The van der Waals surface area contributed by atoms with E-state index < -0.39 is 0 Å². The molecular formula is C19H20N2O2. The van der Waals surface area contributed by atoms with E-state index in [-0.39, 0.29) is 18.0 Å². The summed E-state index contributed by atoms with van der Waals surface area (Å²) in [7, 11) is 0. The number of nitrogens with zero attached hydrogens (tertiary/aromatic N) is 1. The molecule has 118 valence electrons. The van der Waals surface area contributed by atoms with Crippen LogP contribution in [0.2, 0.25) is 0 Å². The summed E-state index contributed by atoms with van der Waals surface area (Å²) in [5, 5.41) is 3.14. The second kappa shape index (κ2) is 5.61. The van der Waals surface area contributed by atoms with Crippen molar-refractivity contribution in [3.8, 4) is 11.5 Å². The SMILES string of the molecule is CC(=O)N[C@@H]1CCCN2c3ccccc3Oc3ccccc3[C@@H]12. The van der Waals surface area contributed by atoms with Gasteiger partial charge >= 0.3 is 0 Å². The Hall–Kier alpha value is -2.49. The number of piperidine rings is 1. The summed E-state index contributed by atoms with van der Waals surface area (Å²) in [5.74, 6) is 1.78. The van der Waals surface area contributed by atoms with Crippen molar-refractivity contribution in [2.24, 2.45) is 0 Å². The van der Waals surface area contributed by atoms with Crippen LogP contribution in [0, 0.1) is 0 Å². The summed E-state index contributed by atoms with van der Waals surface area (Å²) in [6.07, 6.45) is 2.04. The molecule has 1 amide bonds. The predicted octanol–water partition coefficient (Wildman–Crippen LogP) is 3.64. The number of para-hydroxylation sites is 3. The minimum Gasteiger partial charge on any atom is -0.455 e. The predicted molar refractivity (Wildman–Crippen MR) is 89.9 cm³/mol. The van der Waals surface area contributed by atoms with Crippen LogP contribution in [0.3, 0.4) is 0 Å². The Balaban J connectivity index is 1.87. The molecule has 0 aromatic heterocycles. The second-order valence-electron chi connectivity index (χ2n) is 6.20. The highest BCUT2D eigenvalue weighted by molar-refractivity contribution is 5.74. The van der Waals surface area contributed by atoms with Crippen molar-refractivity contribution in [3.63, 3.8) is 0 Å². The van der Waals surface area contributed by atoms with E-state index in [9.17, 15) is 4.79 Å². The van der Waals surface area contributed by atoms with Gasteiger partial charge in [-0.05, 0) is 31.0 Å². The van der Waals surface area contributed by atoms with Crippen molar-refractivity contribution in [2.75, 3.05) is 11.4 Å². The minimum absolute atomic E-state index is 0.0211. The maximum atomic E-state index is 11.7. The van der Waals surface area contributed by atoms with Crippen molar-refractivity contribution in [1.82, 2.24) is 5.32 Å². The third-order valence-corrected chi connectivity index (χ3v) is 4.65. The van der Waals surface area contributed by atoms with Gasteiger partial charge in [-0.1, -0.05) is 30.3 Å². The summed E-state index contributed by atoms with van der Waals surface area (Å²) in [6, 6.07) is 16.5. The highest BCUT2D eigenvalue weighted by Gasteiger charge is 2.38. The van der Waals surface area contributed by atoms with Crippen LogP contribution in [0.25, 0.3) is 0 Å². The summed E-state index contributed by atoms with van der Waals surface area (Å²) >= 11 is 0. The van der Waals surface area contributed by atoms with E-state index in [1.807, 2.05) is 36.4 Å². The molecule has 1 N–H and O–H groups in total. The number of amides is 1. The van der Waals surface area contributed by atoms with Gasteiger partial charge < -0.3 is 15.0 Å². The number of hydrogen-bond donors (Lipinski definition) is 1. The van der Waals surface area contributed by atoms with Crippen molar-refractivity contribution in [1.29, 1.82) is 0 Å². The lowest BCUT2D eigenvalue weighted by Gasteiger charge is -2.42. The van der Waals surface area contributed by atoms with Gasteiger partial charge in [0.25, 0.3) is 0 Å². The van der Waals surface area contributed by atoms with Crippen molar-refractivity contribution < 1.29 is 9.53 Å². The topological polar surface area (TPSA) is 41.6 Å². The third kappa shape index (κ3) is 2.44. The second-order valence-corrected chi connectivity index (χ2v) is 6.20. The molecule has 4 nitrogen and oxygen atoms in total. The number of anilines is 1. The molecule has 1 fully saturated rings. The molecule has 0 spiro atoms. The first-order valence-corrected chi connectivity index (χ1v) is 8.13. The van der Waals surface area contributed by atoms with E-state index in [4.69, 9.17) is 4.74 Å². The van der Waals surface area contributed by atoms with Crippen LogP contribution in [-0.2, 0) is 4.79 Å². The quantitative estimate of drug-likeness (QED) is 0.874. The molecule has 0 unspecified atom stereocenters. The summed E-state index contributed by atoms with van der Waals surface area (Å²) in [4.78, 5) is 14.0. The van der Waals surface area contributed by atoms with Gasteiger partial charge in [-0.2, -0.15) is 0 Å². The summed E-state index contributed by atoms with van der Waals surface area (Å²) < 4.78 is 6.19. The van der Waals surface area contributed by atoms with Crippen LogP contribution in [-0.4, -0.2) is 18.5 Å². The van der Waals surface area contributed by atoms with Crippen molar-refractivity contribution >= 4 is 11.6 Å². The molecule has 2 aliphatic heterocycles. The van der Waals surface area contributed by atoms with Gasteiger partial charge in [-0.3, -0.25) is 4.79 Å². The maximum absolute atomic E-state index is 11.7. The lowest BCUT2D eigenvalue weighted by molar-refractivity contribution is -0.119. The van der Waals surface area contributed by atoms with Crippen LogP contribution < -0.4 is 15.0 Å². The average Bonchev–Trinajstić information content (AvgIpc) is 2.69. The number of ether oxygens (including phenoxy) is 1. The Morgan fingerprint density at radius 1 is 1.13 bits per heavy atom. The molecule has 23 heavy (non-hydrogen) atoms. The van der Waals surface area contributed by atoms with Crippen LogP contribution in [0.1, 0.15) is 31.4 Å². The van der Waals surface area contributed by atoms with E-state index in [0.717, 1.165) is 42.1 Å². The van der Waals surface area contributed by atoms with E-state index in [0.29, 0.717) is 0 Å². The smallest absolute Gasteiger partial charge is 0.217 e. The van der Waals surface area contributed by atoms with E-state index >= 15 is 0 Å². The van der Waals surface area contributed by atoms with E-state index in [1.54, 1.807) is 6.92 Å². The number of hydrogen-bond acceptors (Lipinski definition) is 3. The third-order valence-electron chi connectivity index (χ3n) is 4.65. The highest BCUT2D eigenvalue weighted by Crippen LogP contribution is 2.47. The minimum atomic E-state index is 0.0211. The first-order chi connectivity index (χ1) is 11.2. The number of fused-ring (bicyclic) bond motifs is 5. The Kier molecular flexibility index (Phi) is 3.45. The molecule has 2 aromatic rings. The number of rotatable bonds is 1. The Morgan fingerprint density at radius 2 is 1.87 bits per heavy atom. The Labute approximate surface area is 136 Å². The van der Waals surface area contributed by atoms with Gasteiger partial charge in [-0.15, -0.1) is 0 Å². The summed E-state index contributed by atoms with van der Waals surface area (Å²) in [5.41, 5.74) is 2.24. The fourth-order valence-corrected chi connectivity index (χ4v) is 3.78. The molecule has 4 rings (SSSR count). The first kappa shape index (κ1) is 14.1. The zero-order valence-corrected chi connectivity index (χ0v) is 13.2. The number of carbonyl (C=O) groups is 1. The lowest BCUT2D eigenvalue weighted by Crippen LogP contribution is -2.49. The van der Waals surface area contributed by atoms with Gasteiger partial charge in [0.05, 0.1) is 17.8 Å². The maximum Gasteiger partial charge on any atom is 0.217 e. The lowest BCUT2D eigenvalue weighted by atomic mass is 9.89. The molecule has 0 aliphatic carbocycles. The van der Waals surface area contributed by atoms with E-state index in [2.05, 4.69) is 22.3 Å². The monoisotopic (exact) mass is 308 g/mol. The zero-order chi connectivity index (χ0) is 15.8. The van der Waals surface area contributed by atoms with Crippen LogP contribution in [0.15, 0.2) is 48.5 Å². The van der Waals surface area contributed by atoms with Gasteiger partial charge in [-0.25, -0.2) is 0 Å². The molecule has 2 heterocycles. The van der Waals surface area contributed by atoms with Gasteiger partial charge in [0, 0.05) is 19.0 Å². The standard InChI is InChI=1S/C19H20N2O2/c1-13(22)20-15-8-6-12-21-16-9-3-5-11-18(16)23-17-10-4-2-7-14(17)19(15)21/h2-5,7,9-11,15,19H,6,8,12H2,1H3,(H,20,22)/t15-,19+/m1/s1. The molecular weight excluding hydrogens is 288 g/mol. The Bertz CT molecular complexity index is 744. The molecule has 0 bridgehead atoms. The summed E-state index contributed by atoms with van der Waals surface area (Å²) in [6.45, 7) is 2.56. The Morgan fingerprint density at radius 3 is 2.70 bits per heavy atom. The van der Waals surface area contributed by atoms with Crippen LogP contribution >= 0.6 is 0 Å². The van der Waals surface area contributed by atoms with Gasteiger partial charge in [0.2, 0.25) is 5.91 Å². The molecule has 0 saturated carbocycles.